The highest BCUT2D eigenvalue weighted by atomic mass is 16.1. The van der Waals surface area contributed by atoms with Crippen LogP contribution in [-0.4, -0.2) is 18.4 Å². The van der Waals surface area contributed by atoms with Crippen LogP contribution in [-0.2, 0) is 4.79 Å². The molecule has 1 atom stereocenters. The van der Waals surface area contributed by atoms with Crippen LogP contribution >= 0.6 is 0 Å². The average molecular weight is 251 g/mol. The van der Waals surface area contributed by atoms with E-state index >= 15 is 0 Å². The predicted molar refractivity (Wildman–Crippen MR) is 75.6 cm³/mol. The standard InChI is InChI=1S/C16H29NO/c1-12(2)16(17-11-14-7-4-8-14)15(18)10-9-13-5-3-6-13/h12-14,16-17H,3-11H2,1-2H3. The van der Waals surface area contributed by atoms with Gasteiger partial charge in [-0.25, -0.2) is 0 Å². The molecule has 0 amide bonds. The van der Waals surface area contributed by atoms with Gasteiger partial charge >= 0.3 is 0 Å². The molecule has 104 valence electrons. The second-order valence-electron chi connectivity index (χ2n) is 6.73. The van der Waals surface area contributed by atoms with Crippen molar-refractivity contribution >= 4 is 5.78 Å². The molecule has 0 aliphatic heterocycles. The first-order valence-corrected chi connectivity index (χ1v) is 7.93. The van der Waals surface area contributed by atoms with Crippen LogP contribution in [0.1, 0.15) is 65.2 Å². The lowest BCUT2D eigenvalue weighted by atomic mass is 9.80. The highest BCUT2D eigenvalue weighted by Gasteiger charge is 2.26. The Morgan fingerprint density at radius 1 is 1.11 bits per heavy atom. The normalized spacial score (nSPS) is 22.6. The number of hydrogen-bond donors (Lipinski definition) is 1. The van der Waals surface area contributed by atoms with Crippen molar-refractivity contribution in [3.8, 4) is 0 Å². The van der Waals surface area contributed by atoms with Gasteiger partial charge in [0.15, 0.2) is 0 Å². The minimum Gasteiger partial charge on any atom is -0.307 e. The Hall–Kier alpha value is -0.370. The van der Waals surface area contributed by atoms with Crippen molar-refractivity contribution in [1.29, 1.82) is 0 Å². The number of Topliss-reactive ketones (excluding diaryl/α,β-unsaturated/α-hetero) is 1. The van der Waals surface area contributed by atoms with Gasteiger partial charge in [0, 0.05) is 6.42 Å². The van der Waals surface area contributed by atoms with Crippen molar-refractivity contribution in [3.63, 3.8) is 0 Å². The molecule has 2 nitrogen and oxygen atoms in total. The summed E-state index contributed by atoms with van der Waals surface area (Å²) in [6.07, 6.45) is 10.1. The number of carbonyl (C=O) groups is 1. The fourth-order valence-electron chi connectivity index (χ4n) is 3.00. The zero-order valence-electron chi connectivity index (χ0n) is 12.1. The summed E-state index contributed by atoms with van der Waals surface area (Å²) < 4.78 is 0. The zero-order chi connectivity index (χ0) is 13.0. The van der Waals surface area contributed by atoms with Crippen LogP contribution in [0, 0.1) is 17.8 Å². The summed E-state index contributed by atoms with van der Waals surface area (Å²) in [6.45, 7) is 5.39. The van der Waals surface area contributed by atoms with E-state index in [2.05, 4.69) is 19.2 Å². The third kappa shape index (κ3) is 3.81. The van der Waals surface area contributed by atoms with Crippen LogP contribution in [0.2, 0.25) is 0 Å². The van der Waals surface area contributed by atoms with Crippen LogP contribution in [0.4, 0.5) is 0 Å². The Balaban J connectivity index is 1.69. The largest absolute Gasteiger partial charge is 0.307 e. The van der Waals surface area contributed by atoms with E-state index in [-0.39, 0.29) is 6.04 Å². The number of nitrogens with one attached hydrogen (secondary N) is 1. The van der Waals surface area contributed by atoms with Gasteiger partial charge in [0.1, 0.15) is 5.78 Å². The summed E-state index contributed by atoms with van der Waals surface area (Å²) in [5, 5.41) is 3.53. The van der Waals surface area contributed by atoms with Gasteiger partial charge in [-0.2, -0.15) is 0 Å². The topological polar surface area (TPSA) is 29.1 Å². The summed E-state index contributed by atoms with van der Waals surface area (Å²) in [7, 11) is 0. The first kappa shape index (κ1) is 14.0. The van der Waals surface area contributed by atoms with Crippen molar-refractivity contribution in [2.24, 2.45) is 17.8 Å². The van der Waals surface area contributed by atoms with Crippen molar-refractivity contribution in [2.45, 2.75) is 71.3 Å². The minimum absolute atomic E-state index is 0.102. The molecular weight excluding hydrogens is 222 g/mol. The molecular formula is C16H29NO. The van der Waals surface area contributed by atoms with Crippen LogP contribution < -0.4 is 5.32 Å². The SMILES string of the molecule is CC(C)C(NCC1CCC1)C(=O)CCC1CCC1. The van der Waals surface area contributed by atoms with Gasteiger partial charge < -0.3 is 5.32 Å². The van der Waals surface area contributed by atoms with E-state index < -0.39 is 0 Å². The molecule has 2 heteroatoms. The summed E-state index contributed by atoms with van der Waals surface area (Å²) in [5.41, 5.74) is 0. The highest BCUT2D eigenvalue weighted by molar-refractivity contribution is 5.84. The second-order valence-corrected chi connectivity index (χ2v) is 6.73. The minimum atomic E-state index is 0.102. The van der Waals surface area contributed by atoms with E-state index in [9.17, 15) is 4.79 Å². The summed E-state index contributed by atoms with van der Waals surface area (Å²) in [5.74, 6) is 2.58. The van der Waals surface area contributed by atoms with Gasteiger partial charge in [-0.3, -0.25) is 4.79 Å². The maximum absolute atomic E-state index is 12.3. The molecule has 0 saturated heterocycles. The molecule has 2 aliphatic carbocycles. The number of ketones is 1. The molecule has 2 aliphatic rings. The number of rotatable bonds is 8. The molecule has 2 saturated carbocycles. The summed E-state index contributed by atoms with van der Waals surface area (Å²) in [6, 6.07) is 0.102. The zero-order valence-corrected chi connectivity index (χ0v) is 12.1. The summed E-state index contributed by atoms with van der Waals surface area (Å²) >= 11 is 0. The maximum atomic E-state index is 12.3. The van der Waals surface area contributed by atoms with E-state index in [1.54, 1.807) is 0 Å². The van der Waals surface area contributed by atoms with E-state index in [1.165, 1.54) is 38.5 Å². The van der Waals surface area contributed by atoms with Gasteiger partial charge in [-0.15, -0.1) is 0 Å². The van der Waals surface area contributed by atoms with E-state index in [1.807, 2.05) is 0 Å². The molecule has 0 radical (unpaired) electrons. The van der Waals surface area contributed by atoms with E-state index in [0.717, 1.165) is 31.2 Å². The Bertz CT molecular complexity index is 266. The molecule has 1 N–H and O–H groups in total. The monoisotopic (exact) mass is 251 g/mol. The highest BCUT2D eigenvalue weighted by Crippen LogP contribution is 2.31. The molecule has 0 aromatic heterocycles. The van der Waals surface area contributed by atoms with Crippen LogP contribution in [0.3, 0.4) is 0 Å². The quantitative estimate of drug-likeness (QED) is 0.715. The molecule has 2 rings (SSSR count). The fourth-order valence-corrected chi connectivity index (χ4v) is 3.00. The molecule has 0 heterocycles. The summed E-state index contributed by atoms with van der Waals surface area (Å²) in [4.78, 5) is 12.3. The lowest BCUT2D eigenvalue weighted by Crippen LogP contribution is -2.44. The van der Waals surface area contributed by atoms with Crippen LogP contribution in [0.25, 0.3) is 0 Å². The van der Waals surface area contributed by atoms with Crippen LogP contribution in [0.15, 0.2) is 0 Å². The Morgan fingerprint density at radius 2 is 1.72 bits per heavy atom. The lowest BCUT2D eigenvalue weighted by Gasteiger charge is -2.30. The molecule has 1 unspecified atom stereocenters. The first-order valence-electron chi connectivity index (χ1n) is 7.93. The third-order valence-corrected chi connectivity index (χ3v) is 4.89. The predicted octanol–water partition coefficient (Wildman–Crippen LogP) is 3.55. The van der Waals surface area contributed by atoms with Crippen molar-refractivity contribution in [2.75, 3.05) is 6.54 Å². The molecule has 0 aromatic carbocycles. The second kappa shape index (κ2) is 6.70. The van der Waals surface area contributed by atoms with Gasteiger partial charge in [-0.1, -0.05) is 39.5 Å². The van der Waals surface area contributed by atoms with E-state index in [0.29, 0.717) is 11.7 Å². The van der Waals surface area contributed by atoms with Crippen molar-refractivity contribution in [3.05, 3.63) is 0 Å². The molecule has 2 fully saturated rings. The van der Waals surface area contributed by atoms with Gasteiger partial charge in [-0.05, 0) is 43.6 Å². The number of carbonyl (C=O) groups excluding carboxylic acids is 1. The average Bonchev–Trinajstić information content (AvgIpc) is 2.18. The Morgan fingerprint density at radius 3 is 2.17 bits per heavy atom. The van der Waals surface area contributed by atoms with Gasteiger partial charge in [0.2, 0.25) is 0 Å². The molecule has 0 spiro atoms. The van der Waals surface area contributed by atoms with E-state index in [4.69, 9.17) is 0 Å². The Kier molecular flexibility index (Phi) is 5.23. The third-order valence-electron chi connectivity index (χ3n) is 4.89. The van der Waals surface area contributed by atoms with Crippen LogP contribution in [0.5, 0.6) is 0 Å². The lowest BCUT2D eigenvalue weighted by molar-refractivity contribution is -0.122. The molecule has 0 aromatic rings. The Labute approximate surface area is 112 Å². The van der Waals surface area contributed by atoms with Gasteiger partial charge in [0.05, 0.1) is 6.04 Å². The van der Waals surface area contributed by atoms with Crippen molar-refractivity contribution < 1.29 is 4.79 Å². The fraction of sp³-hybridized carbons (Fsp3) is 0.938. The first-order chi connectivity index (χ1) is 8.66. The molecule has 18 heavy (non-hydrogen) atoms. The maximum Gasteiger partial charge on any atom is 0.150 e. The smallest absolute Gasteiger partial charge is 0.150 e. The number of hydrogen-bond acceptors (Lipinski definition) is 2. The van der Waals surface area contributed by atoms with Gasteiger partial charge in [0.25, 0.3) is 0 Å². The molecule has 0 bridgehead atoms. The van der Waals surface area contributed by atoms with Crippen molar-refractivity contribution in [1.82, 2.24) is 5.32 Å².